The number of rotatable bonds is 6. The SMILES string of the molecule is O=C(COC(=O)c1ccc(Cn2nnc3ccccc32)cc1)c1ccc(F)c(F)c1. The average Bonchev–Trinajstić information content (AvgIpc) is 3.17. The lowest BCUT2D eigenvalue weighted by atomic mass is 10.1. The second-order valence-corrected chi connectivity index (χ2v) is 6.56. The van der Waals surface area contributed by atoms with E-state index in [0.29, 0.717) is 6.54 Å². The van der Waals surface area contributed by atoms with Gasteiger partial charge in [0.1, 0.15) is 5.52 Å². The van der Waals surface area contributed by atoms with E-state index in [9.17, 15) is 18.4 Å². The van der Waals surface area contributed by atoms with Crippen LogP contribution in [0, 0.1) is 11.6 Å². The van der Waals surface area contributed by atoms with Crippen molar-refractivity contribution in [3.63, 3.8) is 0 Å². The number of aromatic nitrogens is 3. The number of hydrogen-bond acceptors (Lipinski definition) is 5. The van der Waals surface area contributed by atoms with Crippen molar-refractivity contribution in [2.45, 2.75) is 6.54 Å². The van der Waals surface area contributed by atoms with E-state index in [1.165, 1.54) is 0 Å². The minimum Gasteiger partial charge on any atom is -0.454 e. The number of carbonyl (C=O) groups excluding carboxylic acids is 2. The van der Waals surface area contributed by atoms with E-state index in [2.05, 4.69) is 10.3 Å². The minimum atomic E-state index is -1.14. The third-order valence-electron chi connectivity index (χ3n) is 4.52. The number of ketones is 1. The molecule has 0 aliphatic heterocycles. The highest BCUT2D eigenvalue weighted by Crippen LogP contribution is 2.14. The van der Waals surface area contributed by atoms with E-state index in [-0.39, 0.29) is 11.1 Å². The summed E-state index contributed by atoms with van der Waals surface area (Å²) in [5, 5.41) is 8.22. The van der Waals surface area contributed by atoms with Crippen LogP contribution in [0.3, 0.4) is 0 Å². The first-order valence-electron chi connectivity index (χ1n) is 9.04. The molecule has 150 valence electrons. The molecule has 0 bridgehead atoms. The van der Waals surface area contributed by atoms with Gasteiger partial charge in [0, 0.05) is 5.56 Å². The first-order valence-corrected chi connectivity index (χ1v) is 9.04. The highest BCUT2D eigenvalue weighted by Gasteiger charge is 2.14. The van der Waals surface area contributed by atoms with E-state index in [0.717, 1.165) is 34.8 Å². The molecule has 0 saturated carbocycles. The van der Waals surface area contributed by atoms with Crippen LogP contribution < -0.4 is 0 Å². The van der Waals surface area contributed by atoms with Crippen molar-refractivity contribution >= 4 is 22.8 Å². The van der Waals surface area contributed by atoms with Crippen LogP contribution in [0.25, 0.3) is 11.0 Å². The van der Waals surface area contributed by atoms with E-state index >= 15 is 0 Å². The molecule has 3 aromatic carbocycles. The molecule has 8 heteroatoms. The maximum absolute atomic E-state index is 13.2. The summed E-state index contributed by atoms with van der Waals surface area (Å²) in [5.41, 5.74) is 2.79. The molecule has 6 nitrogen and oxygen atoms in total. The number of halogens is 2. The number of para-hydroxylation sites is 1. The highest BCUT2D eigenvalue weighted by atomic mass is 19.2. The molecule has 0 radical (unpaired) electrons. The zero-order chi connectivity index (χ0) is 21.1. The molecule has 4 aromatic rings. The molecule has 4 rings (SSSR count). The van der Waals surface area contributed by atoms with Gasteiger partial charge in [-0.1, -0.05) is 29.5 Å². The lowest BCUT2D eigenvalue weighted by molar-refractivity contribution is 0.0474. The second-order valence-electron chi connectivity index (χ2n) is 6.56. The lowest BCUT2D eigenvalue weighted by Gasteiger charge is -2.06. The number of hydrogen-bond donors (Lipinski definition) is 0. The number of nitrogens with zero attached hydrogens (tertiary/aromatic N) is 3. The maximum atomic E-state index is 13.2. The van der Waals surface area contributed by atoms with Gasteiger partial charge in [0.25, 0.3) is 0 Å². The van der Waals surface area contributed by atoms with Crippen LogP contribution in [-0.4, -0.2) is 33.4 Å². The molecule has 0 aliphatic rings. The fourth-order valence-electron chi connectivity index (χ4n) is 2.92. The average molecular weight is 407 g/mol. The number of benzene rings is 3. The number of Topliss-reactive ketones (excluding diaryl/α,β-unsaturated/α-hetero) is 1. The third-order valence-corrected chi connectivity index (χ3v) is 4.52. The van der Waals surface area contributed by atoms with Crippen LogP contribution in [0.5, 0.6) is 0 Å². The van der Waals surface area contributed by atoms with Crippen LogP contribution in [-0.2, 0) is 11.3 Å². The molecule has 1 aromatic heterocycles. The standard InChI is InChI=1S/C22H15F2N3O3/c23-17-10-9-16(11-18(17)24)21(28)13-30-22(29)15-7-5-14(6-8-15)12-27-20-4-2-1-3-19(20)25-26-27/h1-11H,12-13H2. The Hall–Kier alpha value is -3.94. The summed E-state index contributed by atoms with van der Waals surface area (Å²) in [4.78, 5) is 24.2. The quantitative estimate of drug-likeness (QED) is 0.359. The molecule has 30 heavy (non-hydrogen) atoms. The van der Waals surface area contributed by atoms with Crippen molar-refractivity contribution in [3.8, 4) is 0 Å². The van der Waals surface area contributed by atoms with Crippen molar-refractivity contribution in [1.82, 2.24) is 15.0 Å². The molecule has 0 saturated heterocycles. The number of esters is 1. The number of fused-ring (bicyclic) bond motifs is 1. The smallest absolute Gasteiger partial charge is 0.338 e. The van der Waals surface area contributed by atoms with Gasteiger partial charge in [0.15, 0.2) is 24.0 Å². The molecule has 0 unspecified atom stereocenters. The van der Waals surface area contributed by atoms with Crippen LogP contribution in [0.2, 0.25) is 0 Å². The minimum absolute atomic E-state index is 0.0721. The van der Waals surface area contributed by atoms with Crippen molar-refractivity contribution in [2.75, 3.05) is 6.61 Å². The van der Waals surface area contributed by atoms with E-state index < -0.39 is 30.0 Å². The molecule has 0 amide bonds. The van der Waals surface area contributed by atoms with Gasteiger partial charge < -0.3 is 4.74 Å². The molecule has 0 fully saturated rings. The highest BCUT2D eigenvalue weighted by molar-refractivity contribution is 5.99. The van der Waals surface area contributed by atoms with Gasteiger partial charge in [-0.15, -0.1) is 5.10 Å². The Labute approximate surface area is 169 Å². The Kier molecular flexibility index (Phi) is 5.30. The topological polar surface area (TPSA) is 74.1 Å². The van der Waals surface area contributed by atoms with Gasteiger partial charge in [0.2, 0.25) is 0 Å². The Morgan fingerprint density at radius 2 is 1.63 bits per heavy atom. The zero-order valence-electron chi connectivity index (χ0n) is 15.6. The second kappa shape index (κ2) is 8.20. The van der Waals surface area contributed by atoms with Gasteiger partial charge >= 0.3 is 5.97 Å². The first kappa shape index (κ1) is 19.4. The largest absolute Gasteiger partial charge is 0.454 e. The van der Waals surface area contributed by atoms with Gasteiger partial charge in [-0.25, -0.2) is 18.3 Å². The van der Waals surface area contributed by atoms with Gasteiger partial charge in [-0.05, 0) is 48.0 Å². The van der Waals surface area contributed by atoms with Crippen LogP contribution >= 0.6 is 0 Å². The monoisotopic (exact) mass is 407 g/mol. The lowest BCUT2D eigenvalue weighted by Crippen LogP contribution is -2.14. The van der Waals surface area contributed by atoms with Crippen LogP contribution in [0.4, 0.5) is 8.78 Å². The van der Waals surface area contributed by atoms with Gasteiger partial charge in [0.05, 0.1) is 17.6 Å². The summed E-state index contributed by atoms with van der Waals surface area (Å²) in [5.74, 6) is -3.51. The molecule has 0 atom stereocenters. The fraction of sp³-hybridized carbons (Fsp3) is 0.0909. The van der Waals surface area contributed by atoms with E-state index in [1.54, 1.807) is 28.9 Å². The van der Waals surface area contributed by atoms with Gasteiger partial charge in [-0.3, -0.25) is 4.79 Å². The predicted octanol–water partition coefficient (Wildman–Crippen LogP) is 3.80. The Morgan fingerprint density at radius 3 is 2.40 bits per heavy atom. The first-order chi connectivity index (χ1) is 14.5. The Morgan fingerprint density at radius 1 is 0.900 bits per heavy atom. The van der Waals surface area contributed by atoms with Gasteiger partial charge in [-0.2, -0.15) is 0 Å². The Bertz CT molecular complexity index is 1240. The molecule has 0 spiro atoms. The summed E-state index contributed by atoms with van der Waals surface area (Å²) in [6.07, 6.45) is 0. The molecule has 1 heterocycles. The van der Waals surface area contributed by atoms with Crippen molar-refractivity contribution < 1.29 is 23.1 Å². The van der Waals surface area contributed by atoms with Crippen molar-refractivity contribution in [3.05, 3.63) is 95.1 Å². The van der Waals surface area contributed by atoms with Crippen LogP contribution in [0.1, 0.15) is 26.3 Å². The van der Waals surface area contributed by atoms with E-state index in [4.69, 9.17) is 4.74 Å². The number of carbonyl (C=O) groups is 2. The normalized spacial score (nSPS) is 10.9. The summed E-state index contributed by atoms with van der Waals surface area (Å²) in [7, 11) is 0. The third kappa shape index (κ3) is 4.07. The summed E-state index contributed by atoms with van der Waals surface area (Å²) >= 11 is 0. The molecule has 0 aliphatic carbocycles. The van der Waals surface area contributed by atoms with Crippen LogP contribution in [0.15, 0.2) is 66.7 Å². The Balaban J connectivity index is 1.38. The zero-order valence-corrected chi connectivity index (χ0v) is 15.6. The molecular weight excluding hydrogens is 392 g/mol. The maximum Gasteiger partial charge on any atom is 0.338 e. The van der Waals surface area contributed by atoms with E-state index in [1.807, 2.05) is 24.3 Å². The summed E-state index contributed by atoms with van der Waals surface area (Å²) in [6, 6.07) is 17.0. The fourth-order valence-corrected chi connectivity index (χ4v) is 2.92. The number of ether oxygens (including phenoxy) is 1. The van der Waals surface area contributed by atoms with Crippen molar-refractivity contribution in [2.24, 2.45) is 0 Å². The summed E-state index contributed by atoms with van der Waals surface area (Å²) < 4.78 is 32.9. The predicted molar refractivity (Wildman–Crippen MR) is 104 cm³/mol. The summed E-state index contributed by atoms with van der Waals surface area (Å²) in [6.45, 7) is -0.0962. The molecular formula is C22H15F2N3O3. The molecule has 0 N–H and O–H groups in total. The van der Waals surface area contributed by atoms with Crippen molar-refractivity contribution in [1.29, 1.82) is 0 Å².